The van der Waals surface area contributed by atoms with Gasteiger partial charge in [-0.2, -0.15) is 0 Å². The van der Waals surface area contributed by atoms with Crippen LogP contribution in [-0.4, -0.2) is 47.7 Å². The largest absolute Gasteiger partial charge is 0.441 e. The minimum absolute atomic E-state index is 0. The molecule has 1 aliphatic heterocycles. The third-order valence-corrected chi connectivity index (χ3v) is 5.53. The Labute approximate surface area is 190 Å². The quantitative estimate of drug-likeness (QED) is 0.495. The van der Waals surface area contributed by atoms with Gasteiger partial charge in [0.2, 0.25) is 5.89 Å². The number of oxazole rings is 1. The number of hydrogen-bond donors (Lipinski definition) is 0. The molecule has 1 aromatic carbocycles. The van der Waals surface area contributed by atoms with Gasteiger partial charge in [-0.25, -0.2) is 4.98 Å². The summed E-state index contributed by atoms with van der Waals surface area (Å²) in [4.78, 5) is 11.4. The molecular weight excluding hydrogens is 421 g/mol. The standard InChI is InChI=1S/C23H27N3O2.2ClH/c1-17-22(11-15-26-14-3-4-21(26)16-27-2)25-23(28-17)20-7-5-18(6-8-20)19-9-12-24-13-10-19;;/h5-10,12-13,21H,3-4,11,14-16H2,1-2H3;2*1H. The molecule has 3 heterocycles. The molecule has 1 fully saturated rings. The fourth-order valence-electron chi connectivity index (χ4n) is 3.95. The van der Waals surface area contributed by atoms with Crippen molar-refractivity contribution in [2.75, 3.05) is 26.8 Å². The van der Waals surface area contributed by atoms with Crippen LogP contribution in [0.2, 0.25) is 0 Å². The number of methoxy groups -OCH3 is 1. The number of aryl methyl sites for hydroxylation is 1. The lowest BCUT2D eigenvalue weighted by Gasteiger charge is -2.23. The number of rotatable bonds is 7. The predicted octanol–water partition coefficient (Wildman–Crippen LogP) is 5.21. The zero-order valence-corrected chi connectivity index (χ0v) is 19.0. The van der Waals surface area contributed by atoms with Crippen LogP contribution in [0.25, 0.3) is 22.6 Å². The van der Waals surface area contributed by atoms with E-state index in [1.165, 1.54) is 12.8 Å². The van der Waals surface area contributed by atoms with Gasteiger partial charge in [0.1, 0.15) is 5.76 Å². The molecule has 30 heavy (non-hydrogen) atoms. The lowest BCUT2D eigenvalue weighted by molar-refractivity contribution is 0.116. The summed E-state index contributed by atoms with van der Waals surface area (Å²) in [6, 6.07) is 12.9. The van der Waals surface area contributed by atoms with Gasteiger partial charge in [0.15, 0.2) is 0 Å². The first kappa shape index (κ1) is 24.4. The van der Waals surface area contributed by atoms with E-state index in [1.54, 1.807) is 7.11 Å². The van der Waals surface area contributed by atoms with Crippen LogP contribution in [0.15, 0.2) is 53.2 Å². The lowest BCUT2D eigenvalue weighted by atomic mass is 10.1. The van der Waals surface area contributed by atoms with Crippen molar-refractivity contribution < 1.29 is 9.15 Å². The molecule has 1 aliphatic rings. The Hall–Kier alpha value is -1.92. The van der Waals surface area contributed by atoms with Gasteiger partial charge in [0.05, 0.1) is 12.3 Å². The van der Waals surface area contributed by atoms with E-state index in [0.717, 1.165) is 54.3 Å². The second-order valence-electron chi connectivity index (χ2n) is 7.37. The van der Waals surface area contributed by atoms with Gasteiger partial charge in [0.25, 0.3) is 0 Å². The maximum absolute atomic E-state index is 5.97. The zero-order valence-electron chi connectivity index (χ0n) is 17.4. The van der Waals surface area contributed by atoms with Gasteiger partial charge in [0, 0.05) is 44.1 Å². The summed E-state index contributed by atoms with van der Waals surface area (Å²) in [7, 11) is 1.78. The minimum Gasteiger partial charge on any atom is -0.441 e. The van der Waals surface area contributed by atoms with Crippen LogP contribution in [0.1, 0.15) is 24.3 Å². The Morgan fingerprint density at radius 1 is 1.03 bits per heavy atom. The van der Waals surface area contributed by atoms with Crippen molar-refractivity contribution in [2.45, 2.75) is 32.2 Å². The van der Waals surface area contributed by atoms with E-state index in [2.05, 4.69) is 34.1 Å². The number of hydrogen-bond acceptors (Lipinski definition) is 5. The van der Waals surface area contributed by atoms with Crippen LogP contribution < -0.4 is 0 Å². The Bertz CT molecular complexity index is 901. The fourth-order valence-corrected chi connectivity index (χ4v) is 3.95. The highest BCUT2D eigenvalue weighted by molar-refractivity contribution is 5.85. The molecule has 2 aromatic heterocycles. The second-order valence-corrected chi connectivity index (χ2v) is 7.37. The summed E-state index contributed by atoms with van der Waals surface area (Å²) in [5.41, 5.74) is 4.37. The third kappa shape index (κ3) is 5.61. The molecular formula is C23H29Cl2N3O2. The molecule has 0 amide bonds. The highest BCUT2D eigenvalue weighted by Crippen LogP contribution is 2.26. The third-order valence-electron chi connectivity index (χ3n) is 5.53. The number of aromatic nitrogens is 2. The molecule has 1 atom stereocenters. The molecule has 5 nitrogen and oxygen atoms in total. The maximum atomic E-state index is 5.97. The monoisotopic (exact) mass is 449 g/mol. The normalized spacial score (nSPS) is 16.1. The van der Waals surface area contributed by atoms with Crippen molar-refractivity contribution in [3.8, 4) is 22.6 Å². The van der Waals surface area contributed by atoms with Crippen LogP contribution in [0.3, 0.4) is 0 Å². The van der Waals surface area contributed by atoms with Crippen LogP contribution >= 0.6 is 24.8 Å². The average Bonchev–Trinajstić information content (AvgIpc) is 3.33. The van der Waals surface area contributed by atoms with Gasteiger partial charge in [-0.3, -0.25) is 9.88 Å². The fraction of sp³-hybridized carbons (Fsp3) is 0.391. The Morgan fingerprint density at radius 2 is 1.70 bits per heavy atom. The summed E-state index contributed by atoms with van der Waals surface area (Å²) in [5.74, 6) is 1.61. The second kappa shape index (κ2) is 11.5. The number of pyridine rings is 1. The molecule has 0 bridgehead atoms. The summed E-state index contributed by atoms with van der Waals surface area (Å²) >= 11 is 0. The van der Waals surface area contributed by atoms with E-state index in [9.17, 15) is 0 Å². The Kier molecular flexibility index (Phi) is 9.31. The molecule has 162 valence electrons. The molecule has 0 saturated carbocycles. The van der Waals surface area contributed by atoms with Crippen molar-refractivity contribution in [1.82, 2.24) is 14.9 Å². The van der Waals surface area contributed by atoms with Gasteiger partial charge in [-0.1, -0.05) is 12.1 Å². The van der Waals surface area contributed by atoms with Gasteiger partial charge < -0.3 is 9.15 Å². The van der Waals surface area contributed by atoms with Crippen LogP contribution in [0.5, 0.6) is 0 Å². The summed E-state index contributed by atoms with van der Waals surface area (Å²) < 4.78 is 11.3. The summed E-state index contributed by atoms with van der Waals surface area (Å²) in [6.45, 7) is 4.97. The number of ether oxygens (including phenoxy) is 1. The molecule has 1 saturated heterocycles. The molecule has 0 radical (unpaired) electrons. The Balaban J connectivity index is 0.00000160. The van der Waals surface area contributed by atoms with Gasteiger partial charge >= 0.3 is 0 Å². The number of halogens is 2. The SMILES string of the molecule is COCC1CCCN1CCc1nc(-c2ccc(-c3ccncc3)cc2)oc1C.Cl.Cl. The number of likely N-dealkylation sites (tertiary alicyclic amines) is 1. The molecule has 0 N–H and O–H groups in total. The van der Waals surface area contributed by atoms with Crippen molar-refractivity contribution in [1.29, 1.82) is 0 Å². The van der Waals surface area contributed by atoms with Crippen LogP contribution in [-0.2, 0) is 11.2 Å². The van der Waals surface area contributed by atoms with Crippen molar-refractivity contribution >= 4 is 24.8 Å². The zero-order chi connectivity index (χ0) is 19.3. The van der Waals surface area contributed by atoms with Crippen molar-refractivity contribution in [3.05, 3.63) is 60.2 Å². The smallest absolute Gasteiger partial charge is 0.226 e. The Morgan fingerprint density at radius 3 is 2.40 bits per heavy atom. The highest BCUT2D eigenvalue weighted by atomic mass is 35.5. The predicted molar refractivity (Wildman–Crippen MR) is 125 cm³/mol. The van der Waals surface area contributed by atoms with Crippen LogP contribution in [0.4, 0.5) is 0 Å². The van der Waals surface area contributed by atoms with Gasteiger partial charge in [-0.15, -0.1) is 24.8 Å². The summed E-state index contributed by atoms with van der Waals surface area (Å²) in [6.07, 6.45) is 7.00. The molecule has 4 rings (SSSR count). The molecule has 0 spiro atoms. The van der Waals surface area contributed by atoms with E-state index in [1.807, 2.05) is 31.5 Å². The number of benzene rings is 1. The van der Waals surface area contributed by atoms with E-state index in [4.69, 9.17) is 14.1 Å². The van der Waals surface area contributed by atoms with E-state index in [-0.39, 0.29) is 24.8 Å². The van der Waals surface area contributed by atoms with E-state index in [0.29, 0.717) is 11.9 Å². The molecule has 1 unspecified atom stereocenters. The summed E-state index contributed by atoms with van der Waals surface area (Å²) in [5, 5.41) is 0. The lowest BCUT2D eigenvalue weighted by Crippen LogP contribution is -2.34. The van der Waals surface area contributed by atoms with Crippen molar-refractivity contribution in [3.63, 3.8) is 0 Å². The first-order chi connectivity index (χ1) is 13.7. The van der Waals surface area contributed by atoms with Gasteiger partial charge in [-0.05, 0) is 61.7 Å². The highest BCUT2D eigenvalue weighted by Gasteiger charge is 2.24. The molecule has 7 heteroatoms. The van der Waals surface area contributed by atoms with E-state index < -0.39 is 0 Å². The maximum Gasteiger partial charge on any atom is 0.226 e. The minimum atomic E-state index is 0. The first-order valence-corrected chi connectivity index (χ1v) is 9.94. The average molecular weight is 450 g/mol. The molecule has 0 aliphatic carbocycles. The number of nitrogens with zero attached hydrogens (tertiary/aromatic N) is 3. The topological polar surface area (TPSA) is 51.4 Å². The van der Waals surface area contributed by atoms with E-state index >= 15 is 0 Å². The first-order valence-electron chi connectivity index (χ1n) is 9.94. The molecule has 3 aromatic rings. The van der Waals surface area contributed by atoms with Crippen LogP contribution in [0, 0.1) is 6.92 Å². The van der Waals surface area contributed by atoms with Crippen molar-refractivity contribution in [2.24, 2.45) is 0 Å².